The molecule has 1 aliphatic heterocycles. The van der Waals surface area contributed by atoms with Gasteiger partial charge >= 0.3 is 5.97 Å². The number of imide groups is 1. The molecule has 1 aromatic carbocycles. The number of likely N-dealkylation sites (tertiary alicyclic amines) is 1. The van der Waals surface area contributed by atoms with Crippen molar-refractivity contribution >= 4 is 29.4 Å². The second-order valence-electron chi connectivity index (χ2n) is 8.98. The lowest BCUT2D eigenvalue weighted by Gasteiger charge is -2.28. The normalized spacial score (nSPS) is 27.0. The molecular weight excluding hydrogens is 396 g/mol. The van der Waals surface area contributed by atoms with Gasteiger partial charge in [-0.15, -0.1) is 0 Å². The fourth-order valence-corrected chi connectivity index (χ4v) is 5.14. The number of benzene rings is 1. The molecule has 2 aliphatic carbocycles. The minimum Gasteiger partial charge on any atom is -0.462 e. The van der Waals surface area contributed by atoms with Gasteiger partial charge in [-0.3, -0.25) is 19.3 Å². The van der Waals surface area contributed by atoms with Crippen molar-refractivity contribution < 1.29 is 23.9 Å². The number of nitrogens with one attached hydrogen (secondary N) is 1. The maximum Gasteiger partial charge on any atom is 0.338 e. The Balaban J connectivity index is 1.52. The van der Waals surface area contributed by atoms with E-state index in [0.717, 1.165) is 6.42 Å². The van der Waals surface area contributed by atoms with Gasteiger partial charge in [-0.05, 0) is 61.8 Å². The Labute approximate surface area is 181 Å². The summed E-state index contributed by atoms with van der Waals surface area (Å²) in [5.41, 5.74) is 0.882. The fraction of sp³-hybridized carbons (Fsp3) is 0.500. The number of fused-ring (bicyclic) bond motifs is 5. The van der Waals surface area contributed by atoms with Crippen LogP contribution < -0.4 is 5.32 Å². The van der Waals surface area contributed by atoms with Crippen molar-refractivity contribution in [3.8, 4) is 0 Å². The predicted molar refractivity (Wildman–Crippen MR) is 114 cm³/mol. The number of nitrogens with zero attached hydrogens (tertiary/aromatic N) is 1. The van der Waals surface area contributed by atoms with Crippen LogP contribution in [0.15, 0.2) is 36.4 Å². The van der Waals surface area contributed by atoms with Crippen LogP contribution in [0.3, 0.4) is 0 Å². The highest BCUT2D eigenvalue weighted by Gasteiger charge is 2.61. The summed E-state index contributed by atoms with van der Waals surface area (Å²) >= 11 is 0. The number of rotatable bonds is 7. The summed E-state index contributed by atoms with van der Waals surface area (Å²) in [7, 11) is 0. The van der Waals surface area contributed by atoms with Gasteiger partial charge in [0.15, 0.2) is 0 Å². The number of hydrogen-bond acceptors (Lipinski definition) is 5. The van der Waals surface area contributed by atoms with Crippen molar-refractivity contribution in [2.75, 3.05) is 11.9 Å². The van der Waals surface area contributed by atoms with E-state index in [1.54, 1.807) is 31.2 Å². The lowest BCUT2D eigenvalue weighted by molar-refractivity contribution is -0.147. The Morgan fingerprint density at radius 1 is 1.06 bits per heavy atom. The molecule has 1 saturated carbocycles. The molecule has 1 aromatic rings. The molecule has 7 heteroatoms. The van der Waals surface area contributed by atoms with Crippen LogP contribution in [-0.4, -0.2) is 41.2 Å². The first-order valence-electron chi connectivity index (χ1n) is 10.9. The van der Waals surface area contributed by atoms with Crippen LogP contribution in [0.5, 0.6) is 0 Å². The Morgan fingerprint density at radius 3 is 2.16 bits per heavy atom. The highest BCUT2D eigenvalue weighted by Crippen LogP contribution is 2.53. The minimum absolute atomic E-state index is 0.106. The van der Waals surface area contributed by atoms with Gasteiger partial charge in [-0.1, -0.05) is 26.0 Å². The maximum absolute atomic E-state index is 13.2. The summed E-state index contributed by atoms with van der Waals surface area (Å²) in [6.07, 6.45) is 5.34. The summed E-state index contributed by atoms with van der Waals surface area (Å²) < 4.78 is 4.97. The second kappa shape index (κ2) is 8.29. The molecule has 3 amide bonds. The lowest BCUT2D eigenvalue weighted by Crippen LogP contribution is -2.49. The van der Waals surface area contributed by atoms with Crippen molar-refractivity contribution in [2.24, 2.45) is 29.6 Å². The summed E-state index contributed by atoms with van der Waals surface area (Å²) in [6.45, 7) is 5.94. The van der Waals surface area contributed by atoms with Crippen LogP contribution >= 0.6 is 0 Å². The van der Waals surface area contributed by atoms with Gasteiger partial charge in [0.1, 0.15) is 6.04 Å². The Bertz CT molecular complexity index is 906. The molecule has 31 heavy (non-hydrogen) atoms. The summed E-state index contributed by atoms with van der Waals surface area (Å²) in [5, 5.41) is 2.81. The largest absolute Gasteiger partial charge is 0.462 e. The number of carbonyl (C=O) groups excluding carboxylic acids is 4. The van der Waals surface area contributed by atoms with Crippen LogP contribution in [0, 0.1) is 29.6 Å². The monoisotopic (exact) mass is 424 g/mol. The van der Waals surface area contributed by atoms with Gasteiger partial charge in [0.25, 0.3) is 0 Å². The van der Waals surface area contributed by atoms with E-state index >= 15 is 0 Å². The number of esters is 1. The topological polar surface area (TPSA) is 92.8 Å². The van der Waals surface area contributed by atoms with Crippen LogP contribution in [0.25, 0.3) is 0 Å². The van der Waals surface area contributed by atoms with E-state index in [4.69, 9.17) is 4.74 Å². The van der Waals surface area contributed by atoms with Gasteiger partial charge in [0.2, 0.25) is 17.7 Å². The van der Waals surface area contributed by atoms with E-state index in [1.165, 1.54) is 4.90 Å². The van der Waals surface area contributed by atoms with Gasteiger partial charge < -0.3 is 10.1 Å². The van der Waals surface area contributed by atoms with Gasteiger partial charge in [0, 0.05) is 5.69 Å². The summed E-state index contributed by atoms with van der Waals surface area (Å²) in [4.78, 5) is 52.6. The van der Waals surface area contributed by atoms with Crippen molar-refractivity contribution in [1.82, 2.24) is 4.90 Å². The molecule has 2 fully saturated rings. The van der Waals surface area contributed by atoms with E-state index in [0.29, 0.717) is 17.7 Å². The van der Waals surface area contributed by atoms with Gasteiger partial charge in [0.05, 0.1) is 24.0 Å². The van der Waals surface area contributed by atoms with Crippen molar-refractivity contribution in [3.63, 3.8) is 0 Å². The van der Waals surface area contributed by atoms with E-state index in [9.17, 15) is 19.2 Å². The SMILES string of the molecule is CCOC(=O)c1ccc(NC(=O)[C@@H](CC(C)C)N2C(=O)[C@@H]3[C@@H](C2=O)[C@H]2C=C[C@H]3C2)cc1. The molecule has 1 N–H and O–H groups in total. The van der Waals surface area contributed by atoms with Gasteiger partial charge in [-0.2, -0.15) is 0 Å². The molecular formula is C24H28N2O5. The van der Waals surface area contributed by atoms with Crippen molar-refractivity contribution in [1.29, 1.82) is 0 Å². The van der Waals surface area contributed by atoms with Crippen LogP contribution in [0.1, 0.15) is 44.0 Å². The van der Waals surface area contributed by atoms with Gasteiger partial charge in [-0.25, -0.2) is 4.79 Å². The third-order valence-corrected chi connectivity index (χ3v) is 6.48. The minimum atomic E-state index is -0.852. The summed E-state index contributed by atoms with van der Waals surface area (Å²) in [5.74, 6) is -1.57. The fourth-order valence-electron chi connectivity index (χ4n) is 5.14. The smallest absolute Gasteiger partial charge is 0.338 e. The number of hydrogen-bond donors (Lipinski definition) is 1. The second-order valence-corrected chi connectivity index (χ2v) is 8.98. The molecule has 164 valence electrons. The van der Waals surface area contributed by atoms with E-state index in [2.05, 4.69) is 5.32 Å². The Morgan fingerprint density at radius 2 is 1.65 bits per heavy atom. The number of ether oxygens (including phenoxy) is 1. The third kappa shape index (κ3) is 3.77. The quantitative estimate of drug-likeness (QED) is 0.413. The van der Waals surface area contributed by atoms with Crippen molar-refractivity contribution in [3.05, 3.63) is 42.0 Å². The Kier molecular flexibility index (Phi) is 5.69. The first-order chi connectivity index (χ1) is 14.8. The third-order valence-electron chi connectivity index (χ3n) is 6.48. The maximum atomic E-state index is 13.2. The van der Waals surface area contributed by atoms with Crippen LogP contribution in [0.2, 0.25) is 0 Å². The van der Waals surface area contributed by atoms with E-state index in [1.807, 2.05) is 26.0 Å². The van der Waals surface area contributed by atoms with E-state index < -0.39 is 12.0 Å². The zero-order valence-corrected chi connectivity index (χ0v) is 18.0. The molecule has 3 aliphatic rings. The molecule has 0 spiro atoms. The number of carbonyl (C=O) groups is 4. The highest BCUT2D eigenvalue weighted by atomic mass is 16.5. The standard InChI is InChI=1S/C24H28N2O5/c1-4-31-24(30)14-7-9-17(10-8-14)25-21(27)18(11-13(2)3)26-22(28)19-15-5-6-16(12-15)20(19)23(26)29/h5-10,13,15-16,18-20H,4,11-12H2,1-3H3,(H,25,27)/t15-,16-,18+,19-,20-/m0/s1. The highest BCUT2D eigenvalue weighted by molar-refractivity contribution is 6.10. The van der Waals surface area contributed by atoms with Crippen molar-refractivity contribution in [2.45, 2.75) is 39.7 Å². The lowest BCUT2D eigenvalue weighted by atomic mass is 9.85. The molecule has 1 heterocycles. The number of amides is 3. The molecule has 4 rings (SSSR count). The molecule has 1 saturated heterocycles. The molecule has 5 atom stereocenters. The first-order valence-corrected chi connectivity index (χ1v) is 10.9. The average molecular weight is 424 g/mol. The number of allylic oxidation sites excluding steroid dienone is 2. The number of anilines is 1. The zero-order valence-electron chi connectivity index (χ0n) is 18.0. The van der Waals surface area contributed by atoms with E-state index in [-0.39, 0.29) is 53.9 Å². The molecule has 0 radical (unpaired) electrons. The molecule has 2 bridgehead atoms. The first kappa shape index (κ1) is 21.3. The molecule has 0 unspecified atom stereocenters. The molecule has 7 nitrogen and oxygen atoms in total. The van der Waals surface area contributed by atoms with Crippen LogP contribution in [-0.2, 0) is 19.1 Å². The molecule has 0 aromatic heterocycles. The van der Waals surface area contributed by atoms with Crippen LogP contribution in [0.4, 0.5) is 5.69 Å². The predicted octanol–water partition coefficient (Wildman–Crippen LogP) is 3.02. The average Bonchev–Trinajstić information content (AvgIpc) is 3.41. The Hall–Kier alpha value is -2.96. The summed E-state index contributed by atoms with van der Waals surface area (Å²) in [6, 6.07) is 5.53. The zero-order chi connectivity index (χ0) is 22.3.